The molecule has 1 heterocycles. The summed E-state index contributed by atoms with van der Waals surface area (Å²) in [5.41, 5.74) is 5.41. The predicted molar refractivity (Wildman–Crippen MR) is 48.0 cm³/mol. The van der Waals surface area contributed by atoms with Crippen LogP contribution in [0, 0.1) is 5.92 Å². The zero-order chi connectivity index (χ0) is 9.10. The molecule has 0 bridgehead atoms. The lowest BCUT2D eigenvalue weighted by Crippen LogP contribution is -2.08. The van der Waals surface area contributed by atoms with Gasteiger partial charge in [-0.2, -0.15) is 0 Å². The Bertz CT molecular complexity index is 269. The number of nitrogens with zero attached hydrogens (tertiary/aromatic N) is 3. The van der Waals surface area contributed by atoms with Crippen molar-refractivity contribution in [2.24, 2.45) is 5.92 Å². The third-order valence-electron chi connectivity index (χ3n) is 2.07. The molecule has 1 aliphatic carbocycles. The van der Waals surface area contributed by atoms with Crippen molar-refractivity contribution in [3.63, 3.8) is 0 Å². The van der Waals surface area contributed by atoms with Crippen molar-refractivity contribution in [3.8, 4) is 0 Å². The van der Waals surface area contributed by atoms with Crippen LogP contribution in [-0.2, 0) is 11.3 Å². The first-order valence-corrected chi connectivity index (χ1v) is 4.58. The summed E-state index contributed by atoms with van der Waals surface area (Å²) < 4.78 is 7.14. The minimum Gasteiger partial charge on any atom is -0.381 e. The van der Waals surface area contributed by atoms with Crippen LogP contribution in [0.3, 0.4) is 0 Å². The molecule has 0 spiro atoms. The second-order valence-corrected chi connectivity index (χ2v) is 3.42. The van der Waals surface area contributed by atoms with Crippen molar-refractivity contribution < 1.29 is 4.74 Å². The maximum Gasteiger partial charge on any atom is 0.165 e. The van der Waals surface area contributed by atoms with Crippen molar-refractivity contribution >= 4 is 5.82 Å². The summed E-state index contributed by atoms with van der Waals surface area (Å²) in [6, 6.07) is 0. The van der Waals surface area contributed by atoms with Crippen LogP contribution in [0.5, 0.6) is 0 Å². The minimum atomic E-state index is 0.460. The molecule has 72 valence electrons. The summed E-state index contributed by atoms with van der Waals surface area (Å²) in [6.07, 6.45) is 4.37. The monoisotopic (exact) mass is 182 g/mol. The molecular weight excluding hydrogens is 168 g/mol. The quantitative estimate of drug-likeness (QED) is 0.664. The van der Waals surface area contributed by atoms with Gasteiger partial charge in [0.2, 0.25) is 0 Å². The van der Waals surface area contributed by atoms with Gasteiger partial charge < -0.3 is 10.5 Å². The van der Waals surface area contributed by atoms with E-state index in [2.05, 4.69) is 10.3 Å². The zero-order valence-corrected chi connectivity index (χ0v) is 7.52. The molecule has 5 nitrogen and oxygen atoms in total. The lowest BCUT2D eigenvalue weighted by molar-refractivity contribution is 0.114. The Kier molecular flexibility index (Phi) is 2.44. The van der Waals surface area contributed by atoms with Gasteiger partial charge >= 0.3 is 0 Å². The second-order valence-electron chi connectivity index (χ2n) is 3.42. The Hall–Kier alpha value is -1.10. The van der Waals surface area contributed by atoms with E-state index in [0.29, 0.717) is 12.4 Å². The first-order chi connectivity index (χ1) is 6.34. The number of aromatic nitrogens is 3. The maximum absolute atomic E-state index is 5.44. The first kappa shape index (κ1) is 8.50. The second kappa shape index (κ2) is 3.74. The van der Waals surface area contributed by atoms with Gasteiger partial charge in [0.15, 0.2) is 5.82 Å². The highest BCUT2D eigenvalue weighted by Gasteiger charge is 2.20. The van der Waals surface area contributed by atoms with Crippen LogP contribution < -0.4 is 5.73 Å². The van der Waals surface area contributed by atoms with E-state index in [9.17, 15) is 0 Å². The van der Waals surface area contributed by atoms with Gasteiger partial charge in [-0.25, -0.2) is 4.68 Å². The summed E-state index contributed by atoms with van der Waals surface area (Å²) in [5, 5.41) is 7.49. The number of rotatable bonds is 5. The molecular formula is C8H14N4O. The number of ether oxygens (including phenoxy) is 1. The van der Waals surface area contributed by atoms with Crippen molar-refractivity contribution in [1.82, 2.24) is 15.0 Å². The Balaban J connectivity index is 1.61. The predicted octanol–water partition coefficient (Wildman–Crippen LogP) is 0.287. The van der Waals surface area contributed by atoms with Crippen LogP contribution >= 0.6 is 0 Å². The molecule has 0 unspecified atom stereocenters. The van der Waals surface area contributed by atoms with E-state index in [1.165, 1.54) is 12.8 Å². The number of nitrogen functional groups attached to an aromatic ring is 1. The molecule has 1 aromatic heterocycles. The number of hydrogen-bond donors (Lipinski definition) is 1. The van der Waals surface area contributed by atoms with Crippen LogP contribution in [0.2, 0.25) is 0 Å². The fourth-order valence-corrected chi connectivity index (χ4v) is 1.12. The molecule has 5 heteroatoms. The van der Waals surface area contributed by atoms with Crippen LogP contribution in [0.1, 0.15) is 12.8 Å². The third-order valence-corrected chi connectivity index (χ3v) is 2.07. The standard InChI is InChI=1S/C8H14N4O/c9-8-5-12(11-10-8)3-4-13-6-7-1-2-7/h5,7H,1-4,6,9H2. The normalized spacial score (nSPS) is 16.3. The van der Waals surface area contributed by atoms with E-state index in [-0.39, 0.29) is 0 Å². The van der Waals surface area contributed by atoms with Gasteiger partial charge in [-0.15, -0.1) is 5.10 Å². The van der Waals surface area contributed by atoms with Crippen LogP contribution in [0.4, 0.5) is 5.82 Å². The lowest BCUT2D eigenvalue weighted by atomic mass is 10.5. The molecule has 1 aliphatic rings. The maximum atomic E-state index is 5.44. The van der Waals surface area contributed by atoms with Gasteiger partial charge in [-0.3, -0.25) is 0 Å². The largest absolute Gasteiger partial charge is 0.381 e. The molecule has 1 saturated carbocycles. The van der Waals surface area contributed by atoms with Crippen LogP contribution in [0.15, 0.2) is 6.20 Å². The minimum absolute atomic E-state index is 0.460. The molecule has 0 radical (unpaired) electrons. The highest BCUT2D eigenvalue weighted by Crippen LogP contribution is 2.28. The summed E-state index contributed by atoms with van der Waals surface area (Å²) in [6.45, 7) is 2.32. The van der Waals surface area contributed by atoms with Crippen molar-refractivity contribution in [3.05, 3.63) is 6.20 Å². The van der Waals surface area contributed by atoms with Gasteiger partial charge in [0.1, 0.15) is 0 Å². The molecule has 0 aliphatic heterocycles. The fourth-order valence-electron chi connectivity index (χ4n) is 1.12. The van der Waals surface area contributed by atoms with E-state index in [0.717, 1.165) is 19.1 Å². The van der Waals surface area contributed by atoms with E-state index in [4.69, 9.17) is 10.5 Å². The van der Waals surface area contributed by atoms with Gasteiger partial charge in [0, 0.05) is 6.61 Å². The number of anilines is 1. The summed E-state index contributed by atoms with van der Waals surface area (Å²) in [5.74, 6) is 1.28. The molecule has 1 fully saturated rings. The number of nitrogens with two attached hydrogens (primary N) is 1. The van der Waals surface area contributed by atoms with Gasteiger partial charge in [-0.1, -0.05) is 5.21 Å². The molecule has 0 amide bonds. The lowest BCUT2D eigenvalue weighted by Gasteiger charge is -2.01. The molecule has 0 aromatic carbocycles. The topological polar surface area (TPSA) is 66.0 Å². The average Bonchev–Trinajstić information content (AvgIpc) is 2.84. The average molecular weight is 182 g/mol. The fraction of sp³-hybridized carbons (Fsp3) is 0.750. The zero-order valence-electron chi connectivity index (χ0n) is 7.52. The molecule has 2 N–H and O–H groups in total. The SMILES string of the molecule is Nc1cn(CCOCC2CC2)nn1. The van der Waals surface area contributed by atoms with Gasteiger partial charge in [-0.05, 0) is 18.8 Å². The third kappa shape index (κ3) is 2.69. The van der Waals surface area contributed by atoms with Crippen LogP contribution in [-0.4, -0.2) is 28.2 Å². The first-order valence-electron chi connectivity index (χ1n) is 4.58. The summed E-state index contributed by atoms with van der Waals surface area (Å²) >= 11 is 0. The van der Waals surface area contributed by atoms with E-state index in [1.54, 1.807) is 10.9 Å². The van der Waals surface area contributed by atoms with Crippen molar-refractivity contribution in [2.75, 3.05) is 18.9 Å². The van der Waals surface area contributed by atoms with Crippen molar-refractivity contribution in [1.29, 1.82) is 0 Å². The Morgan fingerprint density at radius 3 is 3.08 bits per heavy atom. The smallest absolute Gasteiger partial charge is 0.165 e. The van der Waals surface area contributed by atoms with Gasteiger partial charge in [0.05, 0.1) is 19.3 Å². The van der Waals surface area contributed by atoms with E-state index in [1.807, 2.05) is 0 Å². The number of hydrogen-bond acceptors (Lipinski definition) is 4. The molecule has 0 saturated heterocycles. The molecule has 13 heavy (non-hydrogen) atoms. The van der Waals surface area contributed by atoms with E-state index < -0.39 is 0 Å². The van der Waals surface area contributed by atoms with Crippen LogP contribution in [0.25, 0.3) is 0 Å². The Morgan fingerprint density at radius 2 is 2.46 bits per heavy atom. The van der Waals surface area contributed by atoms with Gasteiger partial charge in [0.25, 0.3) is 0 Å². The van der Waals surface area contributed by atoms with E-state index >= 15 is 0 Å². The summed E-state index contributed by atoms with van der Waals surface area (Å²) in [4.78, 5) is 0. The highest BCUT2D eigenvalue weighted by molar-refractivity contribution is 5.19. The van der Waals surface area contributed by atoms with Crippen molar-refractivity contribution in [2.45, 2.75) is 19.4 Å². The molecule has 0 atom stereocenters. The Labute approximate surface area is 76.9 Å². The highest BCUT2D eigenvalue weighted by atomic mass is 16.5. The summed E-state index contributed by atoms with van der Waals surface area (Å²) in [7, 11) is 0. The Morgan fingerprint density at radius 1 is 1.62 bits per heavy atom. The molecule has 1 aromatic rings. The molecule has 2 rings (SSSR count).